The van der Waals surface area contributed by atoms with Gasteiger partial charge >= 0.3 is 41.9 Å². The molecule has 0 amide bonds. The number of halogens is 2. The second-order valence-electron chi connectivity index (χ2n) is 7.83. The van der Waals surface area contributed by atoms with Crippen LogP contribution in [0.5, 0.6) is 5.75 Å². The molecule has 0 spiro atoms. The van der Waals surface area contributed by atoms with Crippen molar-refractivity contribution in [2.75, 3.05) is 7.11 Å². The van der Waals surface area contributed by atoms with Gasteiger partial charge in [0.1, 0.15) is 5.75 Å². The Labute approximate surface area is 221 Å². The van der Waals surface area contributed by atoms with Crippen LogP contribution in [-0.2, 0) is 23.3 Å². The number of methoxy groups -OCH3 is 1. The Morgan fingerprint density at radius 3 is 2.00 bits per heavy atom. The Morgan fingerprint density at radius 2 is 1.50 bits per heavy atom. The topological polar surface area (TPSA) is 9.23 Å². The number of fused-ring (bicyclic) bond motifs is 1. The van der Waals surface area contributed by atoms with Gasteiger partial charge in [0.15, 0.2) is 0 Å². The third kappa shape index (κ3) is 8.41. The van der Waals surface area contributed by atoms with Crippen molar-refractivity contribution >= 4 is 41.0 Å². The molecule has 3 aromatic carbocycles. The van der Waals surface area contributed by atoms with Crippen LogP contribution >= 0.6 is 24.8 Å². The summed E-state index contributed by atoms with van der Waals surface area (Å²) in [5.41, 5.74) is 6.84. The molecular formula is C27H34Cl2OSiZr. The Bertz CT molecular complexity index is 1080. The van der Waals surface area contributed by atoms with E-state index in [4.69, 9.17) is 4.74 Å². The zero-order valence-electron chi connectivity index (χ0n) is 20.1. The van der Waals surface area contributed by atoms with Crippen molar-refractivity contribution in [3.8, 4) is 16.9 Å². The molecule has 0 aliphatic heterocycles. The molecule has 32 heavy (non-hydrogen) atoms. The van der Waals surface area contributed by atoms with Crippen LogP contribution < -0.4 is 4.74 Å². The van der Waals surface area contributed by atoms with Gasteiger partial charge in [-0.05, 0) is 11.6 Å². The van der Waals surface area contributed by atoms with Crippen molar-refractivity contribution in [1.82, 2.24) is 0 Å². The molecule has 1 aliphatic carbocycles. The quantitative estimate of drug-likeness (QED) is 0.224. The summed E-state index contributed by atoms with van der Waals surface area (Å²) in [4.78, 5) is 0. The smallest absolute Gasteiger partial charge is 0.147 e. The fourth-order valence-corrected chi connectivity index (χ4v) is 3.41. The molecule has 1 atom stereocenters. The Hall–Kier alpha value is -0.990. The number of ether oxygens (including phenoxy) is 1. The first kappa shape index (κ1) is 31.0. The van der Waals surface area contributed by atoms with Gasteiger partial charge in [0.25, 0.3) is 0 Å². The molecule has 0 heterocycles. The molecule has 0 radical (unpaired) electrons. The third-order valence-corrected chi connectivity index (χ3v) is 5.31. The van der Waals surface area contributed by atoms with Crippen LogP contribution in [0.2, 0.25) is 13.1 Å². The minimum atomic E-state index is 0. The van der Waals surface area contributed by atoms with Crippen LogP contribution in [0.4, 0.5) is 0 Å². The van der Waals surface area contributed by atoms with E-state index in [9.17, 15) is 0 Å². The summed E-state index contributed by atoms with van der Waals surface area (Å²) in [5.74, 6) is 1.48. The van der Waals surface area contributed by atoms with E-state index in [1.807, 2.05) is 18.2 Å². The number of hydrogen-bond acceptors (Lipinski definition) is 1. The summed E-state index contributed by atoms with van der Waals surface area (Å²) in [7, 11) is 1.71. The van der Waals surface area contributed by atoms with Gasteiger partial charge in [0.05, 0.1) is 7.11 Å². The van der Waals surface area contributed by atoms with E-state index in [2.05, 4.69) is 89.3 Å². The molecule has 3 aromatic rings. The molecular weight excluding hydrogens is 531 g/mol. The summed E-state index contributed by atoms with van der Waals surface area (Å²) < 4.78 is 5.42. The average molecular weight is 565 g/mol. The second-order valence-corrected chi connectivity index (χ2v) is 17.2. The van der Waals surface area contributed by atoms with Gasteiger partial charge in [-0.1, -0.05) is 51.0 Å². The zero-order chi connectivity index (χ0) is 22.3. The van der Waals surface area contributed by atoms with Gasteiger partial charge in [-0.25, -0.2) is 5.57 Å². The fourth-order valence-electron chi connectivity index (χ4n) is 3.41. The standard InChI is InChI=1S/C16H13O.C9H13.C2H6Si.2ClH.Zr/c1-17-16-9-5-4-8-15(16)14-11-10-12-6-2-3-7-13(12)14;1-6-5-7(2)9(4)8(6)3;1-3-2;;;/h2-11H,1H3;6H,1-4H3;1-2H3;2*1H;/q2*-1;;;;+2. The zero-order valence-corrected chi connectivity index (χ0v) is 25.2. The largest absolute Gasteiger partial charge is 0.147 e. The predicted molar refractivity (Wildman–Crippen MR) is 143 cm³/mol. The fraction of sp³-hybridized carbons (Fsp3) is 0.296. The maximum absolute atomic E-state index is 5.42. The van der Waals surface area contributed by atoms with E-state index in [1.165, 1.54) is 33.1 Å². The summed E-state index contributed by atoms with van der Waals surface area (Å²) in [5, 5.41) is 2.55. The molecule has 1 nitrogen and oxygen atoms in total. The Kier molecular flexibility index (Phi) is 14.6. The minimum Gasteiger partial charge on any atom is -0.147 e. The van der Waals surface area contributed by atoms with Gasteiger partial charge in [0.2, 0.25) is 0 Å². The third-order valence-electron chi connectivity index (χ3n) is 5.31. The van der Waals surface area contributed by atoms with Crippen LogP contribution in [0.25, 0.3) is 21.9 Å². The van der Waals surface area contributed by atoms with Crippen LogP contribution in [0.1, 0.15) is 27.7 Å². The molecule has 1 aliphatic rings. The number of hydrogen-bond donors (Lipinski definition) is 0. The SMILES string of the molecule is CC1=[C-]C(C)C(C)=C1C.COc1ccccc1-c1c[cH-]c2ccccc12.C[Si](C)=[Zr+2].Cl.Cl. The molecule has 0 bridgehead atoms. The van der Waals surface area contributed by atoms with Crippen LogP contribution in [0.15, 0.2) is 77.4 Å². The van der Waals surface area contributed by atoms with E-state index in [0.717, 1.165) is 11.3 Å². The van der Waals surface area contributed by atoms with Gasteiger partial charge in [-0.15, -0.1) is 78.4 Å². The molecule has 4 rings (SSSR count). The van der Waals surface area contributed by atoms with Crippen molar-refractivity contribution in [1.29, 1.82) is 0 Å². The van der Waals surface area contributed by atoms with Gasteiger partial charge in [0, 0.05) is 0 Å². The van der Waals surface area contributed by atoms with Crippen LogP contribution in [-0.4, -0.2) is 12.5 Å². The number of rotatable bonds is 2. The monoisotopic (exact) mass is 562 g/mol. The van der Waals surface area contributed by atoms with Crippen LogP contribution in [0, 0.1) is 12.0 Å². The minimum absolute atomic E-state index is 0. The molecule has 0 saturated carbocycles. The molecule has 0 aromatic heterocycles. The van der Waals surface area contributed by atoms with Crippen molar-refractivity contribution in [3.63, 3.8) is 0 Å². The summed E-state index contributed by atoms with van der Waals surface area (Å²) in [6, 6.07) is 20.9. The number of para-hydroxylation sites is 1. The maximum Gasteiger partial charge on any atom is -0.147 e. The normalized spacial score (nSPS) is 14.2. The van der Waals surface area contributed by atoms with Crippen molar-refractivity contribution in [2.24, 2.45) is 5.92 Å². The van der Waals surface area contributed by atoms with Gasteiger partial charge in [-0.3, -0.25) is 6.08 Å². The molecule has 0 N–H and O–H groups in total. The van der Waals surface area contributed by atoms with Gasteiger partial charge in [-0.2, -0.15) is 11.1 Å². The molecule has 170 valence electrons. The first-order valence-electron chi connectivity index (χ1n) is 10.3. The first-order valence-corrected chi connectivity index (χ1v) is 16.5. The first-order chi connectivity index (χ1) is 14.3. The molecule has 5 heteroatoms. The van der Waals surface area contributed by atoms with E-state index in [-0.39, 0.29) is 30.2 Å². The van der Waals surface area contributed by atoms with E-state index in [1.54, 1.807) is 30.4 Å². The molecule has 0 saturated heterocycles. The van der Waals surface area contributed by atoms with E-state index < -0.39 is 0 Å². The predicted octanol–water partition coefficient (Wildman–Crippen LogP) is 8.58. The number of allylic oxidation sites excluding steroid dienone is 4. The average Bonchev–Trinajstić information content (AvgIpc) is 3.25. The summed E-state index contributed by atoms with van der Waals surface area (Å²) >= 11 is 1.74. The van der Waals surface area contributed by atoms with Crippen LogP contribution in [0.3, 0.4) is 0 Å². The number of benzene rings is 2. The summed E-state index contributed by atoms with van der Waals surface area (Å²) in [6.07, 6.45) is 3.36. The second kappa shape index (κ2) is 15.0. The Balaban J connectivity index is 0.000000547. The maximum atomic E-state index is 5.42. The summed E-state index contributed by atoms with van der Waals surface area (Å²) in [6.45, 7) is 13.3. The van der Waals surface area contributed by atoms with Gasteiger partial charge < -0.3 is 4.74 Å². The van der Waals surface area contributed by atoms with Crippen molar-refractivity contribution in [3.05, 3.63) is 83.5 Å². The van der Waals surface area contributed by atoms with Crippen molar-refractivity contribution < 1.29 is 28.1 Å². The van der Waals surface area contributed by atoms with E-state index >= 15 is 0 Å². The van der Waals surface area contributed by atoms with Crippen molar-refractivity contribution in [2.45, 2.75) is 40.8 Å². The molecule has 0 fully saturated rings. The van der Waals surface area contributed by atoms with E-state index in [0.29, 0.717) is 5.92 Å². The molecule has 1 unspecified atom stereocenters. The Morgan fingerprint density at radius 1 is 0.938 bits per heavy atom.